The van der Waals surface area contributed by atoms with E-state index in [2.05, 4.69) is 20.2 Å². The van der Waals surface area contributed by atoms with E-state index in [0.29, 0.717) is 12.5 Å². The topological polar surface area (TPSA) is 80.0 Å². The number of nitrogens with zero attached hydrogens (tertiary/aromatic N) is 6. The molecule has 0 spiro atoms. The van der Waals surface area contributed by atoms with Crippen LogP contribution in [0, 0.1) is 0 Å². The second-order valence-electron chi connectivity index (χ2n) is 3.60. The number of rotatable bonds is 1. The summed E-state index contributed by atoms with van der Waals surface area (Å²) in [6.07, 6.45) is 4.51. The van der Waals surface area contributed by atoms with E-state index in [0.717, 1.165) is 18.9 Å². The number of aromatic hydroxyl groups is 1. The fourth-order valence-corrected chi connectivity index (χ4v) is 1.71. The van der Waals surface area contributed by atoms with Crippen molar-refractivity contribution in [1.29, 1.82) is 0 Å². The monoisotopic (exact) mass is 218 g/mol. The molecule has 0 radical (unpaired) electrons. The Labute approximate surface area is 91.4 Å². The molecule has 16 heavy (non-hydrogen) atoms. The molecule has 1 aliphatic rings. The van der Waals surface area contributed by atoms with Crippen LogP contribution in [0.3, 0.4) is 0 Å². The first-order chi connectivity index (χ1) is 7.83. The van der Waals surface area contributed by atoms with Gasteiger partial charge in [0.2, 0.25) is 5.95 Å². The van der Waals surface area contributed by atoms with E-state index in [1.807, 2.05) is 9.47 Å². The fraction of sp³-hybridized carbons (Fsp3) is 0.333. The summed E-state index contributed by atoms with van der Waals surface area (Å²) >= 11 is 0. The summed E-state index contributed by atoms with van der Waals surface area (Å²) in [7, 11) is 0. The minimum absolute atomic E-state index is 0.0731. The van der Waals surface area contributed by atoms with Crippen molar-refractivity contribution in [2.45, 2.75) is 13.1 Å². The molecular formula is C9H10N6O. The molecule has 0 aromatic carbocycles. The summed E-state index contributed by atoms with van der Waals surface area (Å²) in [6, 6.07) is 0. The third-order valence-electron chi connectivity index (χ3n) is 2.55. The lowest BCUT2D eigenvalue weighted by Gasteiger charge is -2.26. The smallest absolute Gasteiger partial charge is 0.225 e. The zero-order chi connectivity index (χ0) is 11.0. The highest BCUT2D eigenvalue weighted by Gasteiger charge is 2.19. The molecule has 7 heteroatoms. The molecule has 1 aliphatic heterocycles. The molecule has 82 valence electrons. The molecule has 0 fully saturated rings. The van der Waals surface area contributed by atoms with Crippen molar-refractivity contribution < 1.29 is 5.11 Å². The molecule has 0 amide bonds. The lowest BCUT2D eigenvalue weighted by Crippen LogP contribution is -2.34. The SMILES string of the molecule is Oc1cnc(N2CCn3cnnc3C2)nc1. The Bertz CT molecular complexity index is 493. The maximum Gasteiger partial charge on any atom is 0.225 e. The zero-order valence-corrected chi connectivity index (χ0v) is 8.48. The maximum atomic E-state index is 9.11. The van der Waals surface area contributed by atoms with Gasteiger partial charge in [0, 0.05) is 13.1 Å². The molecule has 0 saturated carbocycles. The van der Waals surface area contributed by atoms with Crippen LogP contribution in [0.4, 0.5) is 5.95 Å². The summed E-state index contributed by atoms with van der Waals surface area (Å²) in [5.41, 5.74) is 0. The molecule has 7 nitrogen and oxygen atoms in total. The van der Waals surface area contributed by atoms with Gasteiger partial charge in [-0.05, 0) is 0 Å². The Hall–Kier alpha value is -2.18. The summed E-state index contributed by atoms with van der Waals surface area (Å²) in [5, 5.41) is 17.0. The number of hydrogen-bond donors (Lipinski definition) is 1. The van der Waals surface area contributed by atoms with Crippen LogP contribution in [0.15, 0.2) is 18.7 Å². The van der Waals surface area contributed by atoms with Crippen LogP contribution in [0.2, 0.25) is 0 Å². The Morgan fingerprint density at radius 3 is 2.81 bits per heavy atom. The minimum atomic E-state index is 0.0731. The van der Waals surface area contributed by atoms with Crippen molar-refractivity contribution in [3.05, 3.63) is 24.5 Å². The second-order valence-corrected chi connectivity index (χ2v) is 3.60. The van der Waals surface area contributed by atoms with Crippen LogP contribution < -0.4 is 4.90 Å². The Morgan fingerprint density at radius 2 is 2.00 bits per heavy atom. The standard InChI is InChI=1S/C9H10N6O/c16-7-3-10-9(11-4-7)14-1-2-15-6-12-13-8(15)5-14/h3-4,6,16H,1-2,5H2. The van der Waals surface area contributed by atoms with Crippen LogP contribution in [-0.2, 0) is 13.1 Å². The average molecular weight is 218 g/mol. The van der Waals surface area contributed by atoms with Crippen molar-refractivity contribution in [3.8, 4) is 5.75 Å². The van der Waals surface area contributed by atoms with Crippen LogP contribution in [0.5, 0.6) is 5.75 Å². The molecule has 1 N–H and O–H groups in total. The van der Waals surface area contributed by atoms with Gasteiger partial charge in [-0.3, -0.25) is 0 Å². The van der Waals surface area contributed by atoms with Crippen molar-refractivity contribution >= 4 is 5.95 Å². The highest BCUT2D eigenvalue weighted by Crippen LogP contribution is 2.16. The average Bonchev–Trinajstić information content (AvgIpc) is 2.77. The van der Waals surface area contributed by atoms with Crippen LogP contribution in [-0.4, -0.2) is 36.4 Å². The lowest BCUT2D eigenvalue weighted by molar-refractivity contribution is 0.468. The molecule has 0 aliphatic carbocycles. The molecule has 2 aromatic rings. The zero-order valence-electron chi connectivity index (χ0n) is 8.48. The van der Waals surface area contributed by atoms with E-state index >= 15 is 0 Å². The van der Waals surface area contributed by atoms with Gasteiger partial charge in [-0.25, -0.2) is 9.97 Å². The summed E-state index contributed by atoms with van der Waals surface area (Å²) in [5.74, 6) is 1.58. The molecule has 3 heterocycles. The van der Waals surface area contributed by atoms with E-state index in [4.69, 9.17) is 5.11 Å². The van der Waals surface area contributed by atoms with Gasteiger partial charge in [-0.2, -0.15) is 0 Å². The Balaban J connectivity index is 1.86. The van der Waals surface area contributed by atoms with E-state index in [-0.39, 0.29) is 5.75 Å². The minimum Gasteiger partial charge on any atom is -0.505 e. The fourth-order valence-electron chi connectivity index (χ4n) is 1.71. The summed E-state index contributed by atoms with van der Waals surface area (Å²) in [4.78, 5) is 10.1. The van der Waals surface area contributed by atoms with Crippen LogP contribution >= 0.6 is 0 Å². The van der Waals surface area contributed by atoms with Crippen molar-refractivity contribution in [2.75, 3.05) is 11.4 Å². The van der Waals surface area contributed by atoms with Crippen LogP contribution in [0.25, 0.3) is 0 Å². The largest absolute Gasteiger partial charge is 0.505 e. The molecule has 2 aromatic heterocycles. The first-order valence-electron chi connectivity index (χ1n) is 4.95. The Morgan fingerprint density at radius 1 is 1.19 bits per heavy atom. The molecule has 3 rings (SSSR count). The molecule has 0 bridgehead atoms. The Kier molecular flexibility index (Phi) is 1.95. The van der Waals surface area contributed by atoms with Gasteiger partial charge < -0.3 is 14.6 Å². The quantitative estimate of drug-likeness (QED) is 0.713. The second kappa shape index (κ2) is 3.44. The molecule has 0 saturated heterocycles. The predicted octanol–water partition coefficient (Wildman–Crippen LogP) is -0.206. The normalized spacial score (nSPS) is 14.9. The number of hydrogen-bond acceptors (Lipinski definition) is 6. The summed E-state index contributed by atoms with van der Waals surface area (Å²) < 4.78 is 2.01. The van der Waals surface area contributed by atoms with Gasteiger partial charge in [0.1, 0.15) is 6.33 Å². The highest BCUT2D eigenvalue weighted by molar-refractivity contribution is 5.32. The van der Waals surface area contributed by atoms with Crippen molar-refractivity contribution in [2.24, 2.45) is 0 Å². The van der Waals surface area contributed by atoms with E-state index in [1.54, 1.807) is 6.33 Å². The first-order valence-corrected chi connectivity index (χ1v) is 4.95. The van der Waals surface area contributed by atoms with Gasteiger partial charge in [0.25, 0.3) is 0 Å². The molecular weight excluding hydrogens is 208 g/mol. The molecule has 0 unspecified atom stereocenters. The van der Waals surface area contributed by atoms with Crippen LogP contribution in [0.1, 0.15) is 5.82 Å². The summed E-state index contributed by atoms with van der Waals surface area (Å²) in [6.45, 7) is 2.28. The van der Waals surface area contributed by atoms with Crippen molar-refractivity contribution in [3.63, 3.8) is 0 Å². The van der Waals surface area contributed by atoms with Gasteiger partial charge in [0.05, 0.1) is 18.9 Å². The van der Waals surface area contributed by atoms with Gasteiger partial charge in [-0.15, -0.1) is 10.2 Å². The maximum absolute atomic E-state index is 9.11. The van der Waals surface area contributed by atoms with Gasteiger partial charge in [-0.1, -0.05) is 0 Å². The number of aromatic nitrogens is 5. The van der Waals surface area contributed by atoms with E-state index in [9.17, 15) is 0 Å². The first kappa shape index (κ1) is 9.08. The van der Waals surface area contributed by atoms with Crippen molar-refractivity contribution in [1.82, 2.24) is 24.7 Å². The predicted molar refractivity (Wildman–Crippen MR) is 54.8 cm³/mol. The molecule has 0 atom stereocenters. The lowest BCUT2D eigenvalue weighted by atomic mass is 10.4. The van der Waals surface area contributed by atoms with Gasteiger partial charge in [0.15, 0.2) is 11.6 Å². The van der Waals surface area contributed by atoms with Gasteiger partial charge >= 0.3 is 0 Å². The van der Waals surface area contributed by atoms with E-state index in [1.165, 1.54) is 12.4 Å². The highest BCUT2D eigenvalue weighted by atomic mass is 16.3. The third-order valence-corrected chi connectivity index (χ3v) is 2.55. The number of anilines is 1. The third kappa shape index (κ3) is 1.46. The van der Waals surface area contributed by atoms with E-state index < -0.39 is 0 Å². The number of fused-ring (bicyclic) bond motifs is 1.